The maximum absolute atomic E-state index is 12.1. The van der Waals surface area contributed by atoms with Gasteiger partial charge in [0.25, 0.3) is 5.91 Å². The molecule has 6 heteroatoms. The summed E-state index contributed by atoms with van der Waals surface area (Å²) < 4.78 is 0. The van der Waals surface area contributed by atoms with E-state index in [1.807, 2.05) is 21.0 Å². The van der Waals surface area contributed by atoms with Crippen LogP contribution < -0.4 is 5.32 Å². The highest BCUT2D eigenvalue weighted by molar-refractivity contribution is 7.13. The van der Waals surface area contributed by atoms with Gasteiger partial charge in [0, 0.05) is 13.1 Å². The summed E-state index contributed by atoms with van der Waals surface area (Å²) in [7, 11) is 4.00. The van der Waals surface area contributed by atoms with E-state index in [9.17, 15) is 4.79 Å². The molecule has 0 radical (unpaired) electrons. The molecule has 20 heavy (non-hydrogen) atoms. The number of likely N-dealkylation sites (N-methyl/N-ethyl adjacent to an activating group) is 1. The predicted molar refractivity (Wildman–Crippen MR) is 82.2 cm³/mol. The molecule has 5 nitrogen and oxygen atoms in total. The number of aryl methyl sites for hydroxylation is 1. The molecule has 0 saturated carbocycles. The molecule has 1 saturated heterocycles. The molecule has 0 unspecified atom stereocenters. The zero-order valence-corrected chi connectivity index (χ0v) is 13.4. The van der Waals surface area contributed by atoms with Crippen LogP contribution in [0.15, 0.2) is 0 Å². The Morgan fingerprint density at radius 3 is 2.75 bits per heavy atom. The van der Waals surface area contributed by atoms with Gasteiger partial charge in [-0.3, -0.25) is 9.69 Å². The van der Waals surface area contributed by atoms with Crippen molar-refractivity contribution in [3.8, 4) is 0 Å². The molecule has 112 valence electrons. The fraction of sp³-hybridized carbons (Fsp3) is 0.714. The van der Waals surface area contributed by atoms with Crippen LogP contribution in [0.1, 0.15) is 33.2 Å². The highest BCUT2D eigenvalue weighted by Gasteiger charge is 2.18. The van der Waals surface area contributed by atoms with E-state index in [4.69, 9.17) is 0 Å². The topological polar surface area (TPSA) is 48.5 Å². The number of amides is 1. The van der Waals surface area contributed by atoms with Crippen LogP contribution in [0, 0.1) is 6.92 Å². The minimum atomic E-state index is 0.00882. The van der Waals surface area contributed by atoms with Crippen LogP contribution >= 0.6 is 11.3 Å². The lowest BCUT2D eigenvalue weighted by molar-refractivity contribution is 0.0954. The Labute approximate surface area is 125 Å². The molecule has 1 aromatic rings. The number of likely N-dealkylation sites (tertiary alicyclic amines) is 1. The number of carbonyl (C=O) groups is 1. The van der Waals surface area contributed by atoms with Crippen molar-refractivity contribution in [2.45, 2.75) is 26.3 Å². The van der Waals surface area contributed by atoms with Gasteiger partial charge < -0.3 is 10.2 Å². The molecule has 2 heterocycles. The van der Waals surface area contributed by atoms with Crippen molar-refractivity contribution in [1.29, 1.82) is 0 Å². The normalized spacial score (nSPS) is 16.0. The maximum Gasteiger partial charge on any atom is 0.263 e. The molecule has 1 aliphatic rings. The second-order valence-corrected chi connectivity index (χ2v) is 6.65. The summed E-state index contributed by atoms with van der Waals surface area (Å²) in [5.74, 6) is 0.00882. The first-order chi connectivity index (χ1) is 9.56. The van der Waals surface area contributed by atoms with Crippen LogP contribution in [-0.4, -0.2) is 61.0 Å². The van der Waals surface area contributed by atoms with E-state index in [0.29, 0.717) is 6.54 Å². The van der Waals surface area contributed by atoms with E-state index < -0.39 is 0 Å². The first-order valence-corrected chi connectivity index (χ1v) is 7.99. The van der Waals surface area contributed by atoms with Gasteiger partial charge >= 0.3 is 0 Å². The summed E-state index contributed by atoms with van der Waals surface area (Å²) in [4.78, 5) is 21.9. The Bertz CT molecular complexity index is 452. The first kappa shape index (κ1) is 15.4. The van der Waals surface area contributed by atoms with Crippen molar-refractivity contribution in [3.05, 3.63) is 15.6 Å². The maximum atomic E-state index is 12.1. The van der Waals surface area contributed by atoms with Crippen LogP contribution in [0.5, 0.6) is 0 Å². The van der Waals surface area contributed by atoms with Gasteiger partial charge in [0.15, 0.2) is 0 Å². The second kappa shape index (κ2) is 7.15. The Morgan fingerprint density at radius 1 is 1.40 bits per heavy atom. The summed E-state index contributed by atoms with van der Waals surface area (Å²) in [6.07, 6.45) is 2.56. The fourth-order valence-electron chi connectivity index (χ4n) is 2.34. The molecular formula is C14H24N4OS. The van der Waals surface area contributed by atoms with E-state index in [0.717, 1.165) is 41.8 Å². The van der Waals surface area contributed by atoms with Gasteiger partial charge in [-0.1, -0.05) is 0 Å². The van der Waals surface area contributed by atoms with Crippen molar-refractivity contribution in [3.63, 3.8) is 0 Å². The summed E-state index contributed by atoms with van der Waals surface area (Å²) in [6, 6.07) is 0. The molecule has 1 amide bonds. The predicted octanol–water partition coefficient (Wildman–Crippen LogP) is 1.34. The van der Waals surface area contributed by atoms with E-state index in [2.05, 4.69) is 20.1 Å². The third-order valence-electron chi connectivity index (χ3n) is 3.45. The number of nitrogens with zero attached hydrogens (tertiary/aromatic N) is 3. The lowest BCUT2D eigenvalue weighted by Gasteiger charge is -2.11. The minimum Gasteiger partial charge on any atom is -0.350 e. The second-order valence-electron chi connectivity index (χ2n) is 5.56. The Hall–Kier alpha value is -0.980. The van der Waals surface area contributed by atoms with Gasteiger partial charge in [0.2, 0.25) is 0 Å². The van der Waals surface area contributed by atoms with Gasteiger partial charge in [-0.05, 0) is 47.0 Å². The number of hydrogen-bond acceptors (Lipinski definition) is 5. The number of rotatable bonds is 6. The number of aromatic nitrogens is 1. The number of nitrogens with one attached hydrogen (secondary N) is 1. The molecule has 2 rings (SSSR count). The highest BCUT2D eigenvalue weighted by atomic mass is 32.1. The molecule has 0 aromatic carbocycles. The van der Waals surface area contributed by atoms with Gasteiger partial charge in [-0.2, -0.15) is 0 Å². The third-order valence-corrected chi connectivity index (χ3v) is 4.59. The summed E-state index contributed by atoms with van der Waals surface area (Å²) in [5, 5.41) is 4.01. The zero-order chi connectivity index (χ0) is 14.5. The summed E-state index contributed by atoms with van der Waals surface area (Å²) >= 11 is 1.53. The number of carbonyl (C=O) groups excluding carboxylic acids is 1. The SMILES string of the molecule is Cc1nc(CN2CCCC2)sc1C(=O)NCCN(C)C. The average Bonchev–Trinajstić information content (AvgIpc) is 2.99. The standard InChI is InChI=1S/C14H24N4OS/c1-11-13(14(19)15-6-9-17(2)3)20-12(16-11)10-18-7-4-5-8-18/h4-10H2,1-3H3,(H,15,19). The van der Waals surface area contributed by atoms with E-state index in [1.165, 1.54) is 24.2 Å². The third kappa shape index (κ3) is 4.26. The van der Waals surface area contributed by atoms with Crippen LogP contribution in [0.4, 0.5) is 0 Å². The lowest BCUT2D eigenvalue weighted by Crippen LogP contribution is -2.31. The molecule has 0 aliphatic carbocycles. The molecule has 0 spiro atoms. The van der Waals surface area contributed by atoms with Crippen molar-refractivity contribution >= 4 is 17.2 Å². The first-order valence-electron chi connectivity index (χ1n) is 7.18. The smallest absolute Gasteiger partial charge is 0.263 e. The van der Waals surface area contributed by atoms with Gasteiger partial charge in [0.1, 0.15) is 9.88 Å². The lowest BCUT2D eigenvalue weighted by atomic mass is 10.3. The van der Waals surface area contributed by atoms with Gasteiger partial charge in [0.05, 0.1) is 12.2 Å². The largest absolute Gasteiger partial charge is 0.350 e. The molecule has 1 aromatic heterocycles. The van der Waals surface area contributed by atoms with Crippen LogP contribution in [-0.2, 0) is 6.54 Å². The van der Waals surface area contributed by atoms with Crippen molar-refractivity contribution in [2.75, 3.05) is 40.3 Å². The van der Waals surface area contributed by atoms with Crippen molar-refractivity contribution in [2.24, 2.45) is 0 Å². The molecule has 0 bridgehead atoms. The van der Waals surface area contributed by atoms with Gasteiger partial charge in [-0.25, -0.2) is 4.98 Å². The molecule has 1 aliphatic heterocycles. The van der Waals surface area contributed by atoms with E-state index in [1.54, 1.807) is 0 Å². The highest BCUT2D eigenvalue weighted by Crippen LogP contribution is 2.21. The Balaban J connectivity index is 1.90. The molecule has 1 N–H and O–H groups in total. The van der Waals surface area contributed by atoms with E-state index >= 15 is 0 Å². The molecule has 1 fully saturated rings. The number of thiazole rings is 1. The summed E-state index contributed by atoms with van der Waals surface area (Å²) in [5.41, 5.74) is 0.853. The van der Waals surface area contributed by atoms with Crippen LogP contribution in [0.2, 0.25) is 0 Å². The molecule has 0 atom stereocenters. The van der Waals surface area contributed by atoms with Crippen molar-refractivity contribution < 1.29 is 4.79 Å². The van der Waals surface area contributed by atoms with Gasteiger partial charge in [-0.15, -0.1) is 11.3 Å². The monoisotopic (exact) mass is 296 g/mol. The molecular weight excluding hydrogens is 272 g/mol. The number of hydrogen-bond donors (Lipinski definition) is 1. The van der Waals surface area contributed by atoms with Crippen LogP contribution in [0.3, 0.4) is 0 Å². The average molecular weight is 296 g/mol. The van der Waals surface area contributed by atoms with Crippen LogP contribution in [0.25, 0.3) is 0 Å². The quantitative estimate of drug-likeness (QED) is 0.860. The Morgan fingerprint density at radius 2 is 2.10 bits per heavy atom. The van der Waals surface area contributed by atoms with E-state index in [-0.39, 0.29) is 5.91 Å². The Kier molecular flexibility index (Phi) is 5.51. The summed E-state index contributed by atoms with van der Waals surface area (Å²) in [6.45, 7) is 6.64. The fourth-order valence-corrected chi connectivity index (χ4v) is 3.36. The minimum absolute atomic E-state index is 0.00882. The van der Waals surface area contributed by atoms with Crippen molar-refractivity contribution in [1.82, 2.24) is 20.1 Å². The zero-order valence-electron chi connectivity index (χ0n) is 12.6.